The molecule has 3 aliphatic rings. The minimum atomic E-state index is -2.08. The Balaban J connectivity index is 1.50. The molecule has 30 heavy (non-hydrogen) atoms. The Bertz CT molecular complexity index is 701. The number of carboxylic acids is 1. The number of fused-ring (bicyclic) bond motifs is 1. The number of alkyl halides is 1. The number of hydrogen-bond donors (Lipinski definition) is 2. The van der Waals surface area contributed by atoms with Crippen molar-refractivity contribution in [3.63, 3.8) is 0 Å². The van der Waals surface area contributed by atoms with Crippen LogP contribution in [0, 0.1) is 35.5 Å². The predicted octanol–water partition coefficient (Wildman–Crippen LogP) is 2.88. The number of carbonyl (C=O) groups is 3. The fraction of sp³-hybridized carbons (Fsp3) is 0.857. The molecule has 9 heteroatoms. The number of carbonyl (C=O) groups excluding carboxylic acids is 2. The number of rotatable bonds is 6. The highest BCUT2D eigenvalue weighted by molar-refractivity contribution is 5.86. The maximum absolute atomic E-state index is 14.0. The summed E-state index contributed by atoms with van der Waals surface area (Å²) >= 11 is 0. The van der Waals surface area contributed by atoms with Gasteiger partial charge in [-0.25, -0.2) is 9.18 Å². The van der Waals surface area contributed by atoms with E-state index in [4.69, 9.17) is 19.9 Å². The van der Waals surface area contributed by atoms with Crippen molar-refractivity contribution in [1.82, 2.24) is 0 Å². The van der Waals surface area contributed by atoms with Gasteiger partial charge in [-0.1, -0.05) is 27.2 Å². The zero-order valence-electron chi connectivity index (χ0n) is 17.9. The topological polar surface area (TPSA) is 125 Å². The van der Waals surface area contributed by atoms with Crippen molar-refractivity contribution in [1.29, 1.82) is 0 Å². The van der Waals surface area contributed by atoms with Gasteiger partial charge >= 0.3 is 18.1 Å². The molecule has 3 N–H and O–H groups in total. The van der Waals surface area contributed by atoms with Crippen molar-refractivity contribution in [3.8, 4) is 0 Å². The second-order valence-electron chi connectivity index (χ2n) is 9.51. The van der Waals surface area contributed by atoms with Crippen LogP contribution in [-0.4, -0.2) is 47.3 Å². The summed E-state index contributed by atoms with van der Waals surface area (Å²) in [7, 11) is 0. The number of hydrogen-bond acceptors (Lipinski definition) is 7. The first kappa shape index (κ1) is 22.8. The zero-order valence-corrected chi connectivity index (χ0v) is 17.9. The van der Waals surface area contributed by atoms with Crippen LogP contribution in [0.3, 0.4) is 0 Å². The van der Waals surface area contributed by atoms with Crippen molar-refractivity contribution < 1.29 is 38.1 Å². The number of esters is 1. The van der Waals surface area contributed by atoms with Gasteiger partial charge in [0.05, 0.1) is 5.92 Å². The number of ether oxygens (including phenoxy) is 3. The molecule has 0 heterocycles. The highest BCUT2D eigenvalue weighted by Crippen LogP contribution is 2.62. The van der Waals surface area contributed by atoms with Crippen molar-refractivity contribution in [3.05, 3.63) is 0 Å². The van der Waals surface area contributed by atoms with Crippen LogP contribution in [0.1, 0.15) is 53.4 Å². The Morgan fingerprint density at radius 3 is 2.40 bits per heavy atom. The van der Waals surface area contributed by atoms with Crippen molar-refractivity contribution >= 4 is 18.1 Å². The average Bonchev–Trinajstić information content (AvgIpc) is 3.27. The SMILES string of the molecule is CC1CC[C@@H](C(C)C)[C@H](OC(=O)O[C@@H](C)OC(=O)[C@H]2[C@@H]3C[C@H](F)[C@@](N)(C(=O)O)[C@@H]32)C1. The molecule has 0 saturated heterocycles. The number of nitrogens with two attached hydrogens (primary N) is 1. The lowest BCUT2D eigenvalue weighted by Crippen LogP contribution is -2.56. The number of halogens is 1. The lowest BCUT2D eigenvalue weighted by molar-refractivity contribution is -0.173. The van der Waals surface area contributed by atoms with Crippen LogP contribution in [-0.2, 0) is 23.8 Å². The first-order valence-electron chi connectivity index (χ1n) is 10.7. The molecule has 170 valence electrons. The third kappa shape index (κ3) is 4.13. The lowest BCUT2D eigenvalue weighted by atomic mass is 9.75. The van der Waals surface area contributed by atoms with E-state index in [0.29, 0.717) is 11.8 Å². The van der Waals surface area contributed by atoms with Crippen molar-refractivity contribution in [2.45, 2.75) is 77.5 Å². The van der Waals surface area contributed by atoms with Gasteiger partial charge in [0.2, 0.25) is 6.29 Å². The zero-order chi connectivity index (χ0) is 22.4. The summed E-state index contributed by atoms with van der Waals surface area (Å²) in [5.41, 5.74) is 3.65. The summed E-state index contributed by atoms with van der Waals surface area (Å²) in [4.78, 5) is 36.0. The van der Waals surface area contributed by atoms with E-state index in [1.807, 2.05) is 0 Å². The smallest absolute Gasteiger partial charge is 0.480 e. The predicted molar refractivity (Wildman–Crippen MR) is 103 cm³/mol. The molecular weight excluding hydrogens is 397 g/mol. The molecule has 0 aromatic rings. The normalized spacial score (nSPS) is 41.0. The van der Waals surface area contributed by atoms with Gasteiger partial charge in [0.1, 0.15) is 17.8 Å². The molecule has 1 unspecified atom stereocenters. The quantitative estimate of drug-likeness (QED) is 0.488. The maximum Gasteiger partial charge on any atom is 0.511 e. The minimum Gasteiger partial charge on any atom is -0.480 e. The van der Waals surface area contributed by atoms with Gasteiger partial charge in [0.15, 0.2) is 0 Å². The fourth-order valence-corrected chi connectivity index (χ4v) is 5.36. The molecular formula is C21H32FNO7. The van der Waals surface area contributed by atoms with E-state index in [2.05, 4.69) is 20.8 Å². The summed E-state index contributed by atoms with van der Waals surface area (Å²) in [5.74, 6) is -3.22. The second kappa shape index (κ2) is 8.32. The number of carboxylic acid groups (broad SMARTS) is 1. The summed E-state index contributed by atoms with van der Waals surface area (Å²) in [5, 5.41) is 9.27. The molecule has 3 aliphatic carbocycles. The highest BCUT2D eigenvalue weighted by Gasteiger charge is 2.75. The molecule has 0 aromatic heterocycles. The molecule has 3 fully saturated rings. The van der Waals surface area contributed by atoms with E-state index >= 15 is 0 Å². The van der Waals surface area contributed by atoms with Gasteiger partial charge in [-0.3, -0.25) is 9.59 Å². The van der Waals surface area contributed by atoms with E-state index in [1.165, 1.54) is 6.92 Å². The summed E-state index contributed by atoms with van der Waals surface area (Å²) in [6, 6.07) is 0. The Kier molecular flexibility index (Phi) is 6.32. The summed E-state index contributed by atoms with van der Waals surface area (Å²) in [6.45, 7) is 7.68. The molecule has 0 aromatic carbocycles. The molecule has 3 saturated carbocycles. The molecule has 3 rings (SSSR count). The fourth-order valence-electron chi connectivity index (χ4n) is 5.36. The Morgan fingerprint density at radius 2 is 1.80 bits per heavy atom. The standard InChI is InChI=1S/C21H32FNO7/c1-9(2)12-6-5-10(3)7-14(12)30-20(27)29-11(4)28-18(24)16-13-8-15(22)21(23,17(13)16)19(25)26/h9-17H,5-8,23H2,1-4H3,(H,25,26)/t10?,11-,12-,13-,14+,15-,16-,17-,21-/m0/s1. The first-order chi connectivity index (χ1) is 14.0. The molecule has 8 nitrogen and oxygen atoms in total. The van der Waals surface area contributed by atoms with Gasteiger partial charge < -0.3 is 25.1 Å². The van der Waals surface area contributed by atoms with Crippen molar-refractivity contribution in [2.24, 2.45) is 41.2 Å². The Morgan fingerprint density at radius 1 is 1.13 bits per heavy atom. The van der Waals surface area contributed by atoms with Crippen LogP contribution in [0.15, 0.2) is 0 Å². The Hall–Kier alpha value is -1.90. The molecule has 0 radical (unpaired) electrons. The second-order valence-corrected chi connectivity index (χ2v) is 9.51. The van der Waals surface area contributed by atoms with Crippen LogP contribution >= 0.6 is 0 Å². The summed E-state index contributed by atoms with van der Waals surface area (Å²) < 4.78 is 29.7. The molecule has 0 bridgehead atoms. The van der Waals surface area contributed by atoms with E-state index in [9.17, 15) is 23.9 Å². The van der Waals surface area contributed by atoms with Gasteiger partial charge in [-0.2, -0.15) is 0 Å². The van der Waals surface area contributed by atoms with Crippen LogP contribution in [0.4, 0.5) is 9.18 Å². The number of aliphatic carboxylic acids is 1. The molecule has 0 amide bonds. The van der Waals surface area contributed by atoms with Gasteiger partial charge in [-0.05, 0) is 42.9 Å². The largest absolute Gasteiger partial charge is 0.511 e. The van der Waals surface area contributed by atoms with E-state index in [-0.39, 0.29) is 18.4 Å². The third-order valence-electron chi connectivity index (χ3n) is 7.11. The van der Waals surface area contributed by atoms with Crippen LogP contribution in [0.5, 0.6) is 0 Å². The van der Waals surface area contributed by atoms with Crippen molar-refractivity contribution in [2.75, 3.05) is 0 Å². The lowest BCUT2D eigenvalue weighted by Gasteiger charge is -2.36. The van der Waals surface area contributed by atoms with E-state index in [0.717, 1.165) is 19.3 Å². The van der Waals surface area contributed by atoms with Crippen LogP contribution < -0.4 is 5.73 Å². The van der Waals surface area contributed by atoms with Gasteiger partial charge in [-0.15, -0.1) is 0 Å². The molecule has 0 aliphatic heterocycles. The Labute approximate surface area is 175 Å². The summed E-state index contributed by atoms with van der Waals surface area (Å²) in [6.07, 6.45) is -1.33. The van der Waals surface area contributed by atoms with Gasteiger partial charge in [0.25, 0.3) is 0 Å². The third-order valence-corrected chi connectivity index (χ3v) is 7.11. The van der Waals surface area contributed by atoms with Crippen LogP contribution in [0.2, 0.25) is 0 Å². The minimum absolute atomic E-state index is 0.0963. The van der Waals surface area contributed by atoms with Gasteiger partial charge in [0, 0.05) is 12.8 Å². The highest BCUT2D eigenvalue weighted by atomic mass is 19.1. The maximum atomic E-state index is 14.0. The monoisotopic (exact) mass is 429 g/mol. The first-order valence-corrected chi connectivity index (χ1v) is 10.7. The molecule has 9 atom stereocenters. The van der Waals surface area contributed by atoms with E-state index in [1.54, 1.807) is 0 Å². The average molecular weight is 429 g/mol. The van der Waals surface area contributed by atoms with E-state index < -0.39 is 53.8 Å². The van der Waals surface area contributed by atoms with Crippen LogP contribution in [0.25, 0.3) is 0 Å². The molecule has 0 spiro atoms.